The number of fused-ring (bicyclic) bond motifs is 1. The van der Waals surface area contributed by atoms with E-state index in [4.69, 9.17) is 0 Å². The third kappa shape index (κ3) is 5.66. The molecule has 35 heavy (non-hydrogen) atoms. The third-order valence-corrected chi connectivity index (χ3v) is 6.61. The molecule has 1 N–H and O–H groups in total. The summed E-state index contributed by atoms with van der Waals surface area (Å²) in [5.74, 6) is 1.93. The Morgan fingerprint density at radius 1 is 0.857 bits per heavy atom. The Morgan fingerprint density at radius 2 is 1.60 bits per heavy atom. The minimum Gasteiger partial charge on any atom is -0.352 e. The van der Waals surface area contributed by atoms with Crippen LogP contribution in [0.4, 0.5) is 0 Å². The number of nitrogens with zero attached hydrogens (tertiary/aromatic N) is 4. The van der Waals surface area contributed by atoms with E-state index in [9.17, 15) is 4.79 Å². The molecule has 1 amide bonds. The fraction of sp³-hybridized carbons (Fsp3) is 0.276. The quantitative estimate of drug-likeness (QED) is 0.442. The molecule has 0 atom stereocenters. The number of amides is 1. The summed E-state index contributed by atoms with van der Waals surface area (Å²) in [7, 11) is 0. The molecule has 0 aliphatic carbocycles. The summed E-state index contributed by atoms with van der Waals surface area (Å²) in [6.45, 7) is 6.27. The smallest absolute Gasteiger partial charge is 0.251 e. The van der Waals surface area contributed by atoms with Gasteiger partial charge in [-0.2, -0.15) is 0 Å². The minimum atomic E-state index is -0.0509. The highest BCUT2D eigenvalue weighted by Crippen LogP contribution is 2.20. The van der Waals surface area contributed by atoms with Gasteiger partial charge in [0.05, 0.1) is 0 Å². The van der Waals surface area contributed by atoms with E-state index in [1.54, 1.807) is 0 Å². The van der Waals surface area contributed by atoms with Gasteiger partial charge < -0.3 is 9.88 Å². The molecule has 4 aromatic rings. The average Bonchev–Trinajstić information content (AvgIpc) is 3.17. The number of benzene rings is 3. The molecule has 1 aliphatic rings. The van der Waals surface area contributed by atoms with Crippen LogP contribution >= 0.6 is 0 Å². The van der Waals surface area contributed by atoms with Gasteiger partial charge in [-0.3, -0.25) is 9.69 Å². The van der Waals surface area contributed by atoms with Gasteiger partial charge in [0.1, 0.15) is 11.6 Å². The van der Waals surface area contributed by atoms with Crippen LogP contribution in [0.3, 0.4) is 0 Å². The van der Waals surface area contributed by atoms with Crippen molar-refractivity contribution in [2.24, 2.45) is 0 Å². The van der Waals surface area contributed by atoms with Gasteiger partial charge >= 0.3 is 0 Å². The zero-order valence-corrected chi connectivity index (χ0v) is 20.2. The van der Waals surface area contributed by atoms with Crippen LogP contribution in [0.5, 0.6) is 0 Å². The molecule has 3 aromatic carbocycles. The van der Waals surface area contributed by atoms with Gasteiger partial charge in [0.25, 0.3) is 5.91 Å². The van der Waals surface area contributed by atoms with Crippen molar-refractivity contribution in [3.05, 3.63) is 107 Å². The zero-order chi connectivity index (χ0) is 24.0. The Balaban J connectivity index is 1.14. The molecule has 1 aromatic heterocycles. The van der Waals surface area contributed by atoms with E-state index >= 15 is 0 Å². The first kappa shape index (κ1) is 23.0. The fourth-order valence-electron chi connectivity index (χ4n) is 4.56. The maximum atomic E-state index is 12.4. The van der Waals surface area contributed by atoms with Gasteiger partial charge in [-0.15, -0.1) is 10.2 Å². The summed E-state index contributed by atoms with van der Waals surface area (Å²) in [6.07, 6.45) is 1.55. The van der Waals surface area contributed by atoms with E-state index in [-0.39, 0.29) is 5.91 Å². The van der Waals surface area contributed by atoms with Gasteiger partial charge in [-0.25, -0.2) is 0 Å². The van der Waals surface area contributed by atoms with Gasteiger partial charge in [-0.05, 0) is 35.7 Å². The highest BCUT2D eigenvalue weighted by molar-refractivity contribution is 5.94. The van der Waals surface area contributed by atoms with Crippen LogP contribution in [0, 0.1) is 6.92 Å². The number of rotatable bonds is 7. The van der Waals surface area contributed by atoms with Crippen molar-refractivity contribution in [2.75, 3.05) is 19.6 Å². The normalized spacial score (nSPS) is 13.7. The number of aromatic nitrogens is 3. The first-order chi connectivity index (χ1) is 17.2. The van der Waals surface area contributed by atoms with Crippen LogP contribution in [0.1, 0.15) is 33.1 Å². The Bertz CT molecular complexity index is 1260. The number of hydrogen-bond donors (Lipinski definition) is 1. The molecule has 0 saturated heterocycles. The van der Waals surface area contributed by atoms with Crippen molar-refractivity contribution in [1.82, 2.24) is 25.0 Å². The molecule has 178 valence electrons. The highest BCUT2D eigenvalue weighted by Gasteiger charge is 2.19. The van der Waals surface area contributed by atoms with Crippen LogP contribution < -0.4 is 5.32 Å². The summed E-state index contributed by atoms with van der Waals surface area (Å²) in [4.78, 5) is 14.9. The predicted octanol–water partition coefficient (Wildman–Crippen LogP) is 4.28. The number of aryl methyl sites for hydroxylation is 1. The van der Waals surface area contributed by atoms with E-state index in [1.165, 1.54) is 16.7 Å². The standard InChI is InChI=1S/C29H31N5O/c1-22-7-11-26(12-8-22)29(35)30-17-15-27-31-32-28-16-18-33(19-20-34(27)28)21-23-9-13-25(14-10-23)24-5-3-2-4-6-24/h2-14H,15-21H2,1H3,(H,30,35). The molecule has 0 bridgehead atoms. The first-order valence-electron chi connectivity index (χ1n) is 12.3. The molecular formula is C29H31N5O. The van der Waals surface area contributed by atoms with Crippen molar-refractivity contribution in [3.8, 4) is 11.1 Å². The fourth-order valence-corrected chi connectivity index (χ4v) is 4.56. The van der Waals surface area contributed by atoms with Gasteiger partial charge in [-0.1, -0.05) is 72.3 Å². The lowest BCUT2D eigenvalue weighted by molar-refractivity contribution is 0.0954. The highest BCUT2D eigenvalue weighted by atomic mass is 16.1. The molecule has 5 rings (SSSR count). The van der Waals surface area contributed by atoms with Crippen molar-refractivity contribution >= 4 is 5.91 Å². The van der Waals surface area contributed by atoms with E-state index in [2.05, 4.69) is 73.5 Å². The van der Waals surface area contributed by atoms with Crippen LogP contribution in [0.2, 0.25) is 0 Å². The number of carbonyl (C=O) groups excluding carboxylic acids is 1. The third-order valence-electron chi connectivity index (χ3n) is 6.61. The summed E-state index contributed by atoms with van der Waals surface area (Å²) < 4.78 is 2.23. The Kier molecular flexibility index (Phi) is 7.00. The maximum Gasteiger partial charge on any atom is 0.251 e. The number of carbonyl (C=O) groups is 1. The Hall–Kier alpha value is -3.77. The molecule has 0 radical (unpaired) electrons. The molecule has 0 fully saturated rings. The molecule has 6 nitrogen and oxygen atoms in total. The summed E-state index contributed by atoms with van der Waals surface area (Å²) in [6, 6.07) is 27.0. The number of nitrogens with one attached hydrogen (secondary N) is 1. The molecule has 0 saturated carbocycles. The second-order valence-electron chi connectivity index (χ2n) is 9.15. The summed E-state index contributed by atoms with van der Waals surface area (Å²) >= 11 is 0. The summed E-state index contributed by atoms with van der Waals surface area (Å²) in [5, 5.41) is 11.9. The minimum absolute atomic E-state index is 0.0509. The van der Waals surface area contributed by atoms with Crippen LogP contribution in [-0.2, 0) is 25.9 Å². The van der Waals surface area contributed by atoms with E-state index < -0.39 is 0 Å². The van der Waals surface area contributed by atoms with Gasteiger partial charge in [0.2, 0.25) is 0 Å². The van der Waals surface area contributed by atoms with E-state index in [1.807, 2.05) is 37.3 Å². The van der Waals surface area contributed by atoms with E-state index in [0.29, 0.717) is 18.5 Å². The van der Waals surface area contributed by atoms with Crippen molar-refractivity contribution in [1.29, 1.82) is 0 Å². The van der Waals surface area contributed by atoms with Crippen molar-refractivity contribution in [3.63, 3.8) is 0 Å². The van der Waals surface area contributed by atoms with Gasteiger partial charge in [0, 0.05) is 51.1 Å². The second-order valence-corrected chi connectivity index (χ2v) is 9.15. The summed E-state index contributed by atoms with van der Waals surface area (Å²) in [5.41, 5.74) is 5.64. The lowest BCUT2D eigenvalue weighted by Crippen LogP contribution is -2.28. The Morgan fingerprint density at radius 3 is 2.37 bits per heavy atom. The number of hydrogen-bond acceptors (Lipinski definition) is 4. The average molecular weight is 466 g/mol. The largest absolute Gasteiger partial charge is 0.352 e. The molecule has 6 heteroatoms. The second kappa shape index (κ2) is 10.7. The van der Waals surface area contributed by atoms with Crippen LogP contribution in [0.15, 0.2) is 78.9 Å². The van der Waals surface area contributed by atoms with Crippen molar-refractivity contribution < 1.29 is 4.79 Å². The van der Waals surface area contributed by atoms with E-state index in [0.717, 1.165) is 49.8 Å². The monoisotopic (exact) mass is 465 g/mol. The van der Waals surface area contributed by atoms with Crippen LogP contribution in [0.25, 0.3) is 11.1 Å². The topological polar surface area (TPSA) is 63.1 Å². The maximum absolute atomic E-state index is 12.4. The van der Waals surface area contributed by atoms with Gasteiger partial charge in [0.15, 0.2) is 0 Å². The molecular weight excluding hydrogens is 434 g/mol. The lowest BCUT2D eigenvalue weighted by atomic mass is 10.0. The Labute approximate surface area is 206 Å². The zero-order valence-electron chi connectivity index (χ0n) is 20.2. The molecule has 0 unspecified atom stereocenters. The first-order valence-corrected chi connectivity index (χ1v) is 12.3. The molecule has 0 spiro atoms. The van der Waals surface area contributed by atoms with Crippen LogP contribution in [-0.4, -0.2) is 45.2 Å². The predicted molar refractivity (Wildman–Crippen MR) is 138 cm³/mol. The SMILES string of the molecule is Cc1ccc(C(=O)NCCc2nnc3n2CCN(Cc2ccc(-c4ccccc4)cc2)CC3)cc1. The lowest BCUT2D eigenvalue weighted by Gasteiger charge is -2.20. The molecule has 2 heterocycles. The van der Waals surface area contributed by atoms with Crippen molar-refractivity contribution in [2.45, 2.75) is 32.9 Å². The molecule has 1 aliphatic heterocycles.